The van der Waals surface area contributed by atoms with E-state index in [4.69, 9.17) is 4.74 Å². The average molecular weight is 427 g/mol. The van der Waals surface area contributed by atoms with Crippen LogP contribution in [0.5, 0.6) is 5.75 Å². The third-order valence-corrected chi connectivity index (χ3v) is 5.26. The van der Waals surface area contributed by atoms with Crippen LogP contribution in [-0.2, 0) is 0 Å². The number of nitrogens with zero attached hydrogens (tertiary/aromatic N) is 2. The van der Waals surface area contributed by atoms with Crippen LogP contribution < -0.4 is 4.74 Å². The first-order chi connectivity index (χ1) is 15.6. The lowest BCUT2D eigenvalue weighted by Gasteiger charge is -2.18. The Bertz CT molecular complexity index is 1050. The monoisotopic (exact) mass is 426 g/mol. The largest absolute Gasteiger partial charge is 0.492 e. The van der Waals surface area contributed by atoms with Crippen molar-refractivity contribution in [3.63, 3.8) is 0 Å². The highest BCUT2D eigenvalue weighted by Gasteiger charge is 2.14. The quantitative estimate of drug-likeness (QED) is 0.451. The summed E-state index contributed by atoms with van der Waals surface area (Å²) in [5, 5.41) is 18.7. The van der Waals surface area contributed by atoms with Gasteiger partial charge in [0.05, 0.1) is 11.6 Å². The average Bonchev–Trinajstić information content (AvgIpc) is 2.83. The number of allylic oxidation sites excluding steroid dienone is 1. The number of rotatable bonds is 10. The van der Waals surface area contributed by atoms with E-state index >= 15 is 0 Å². The van der Waals surface area contributed by atoms with Crippen molar-refractivity contribution in [3.05, 3.63) is 101 Å². The summed E-state index contributed by atoms with van der Waals surface area (Å²) in [7, 11) is 4.05. The molecule has 4 heteroatoms. The maximum atomic E-state index is 9.53. The van der Waals surface area contributed by atoms with E-state index in [1.165, 1.54) is 5.57 Å². The molecule has 3 aromatic carbocycles. The molecular weight excluding hydrogens is 396 g/mol. The van der Waals surface area contributed by atoms with Gasteiger partial charge in [0.1, 0.15) is 12.4 Å². The summed E-state index contributed by atoms with van der Waals surface area (Å²) in [6, 6.07) is 28.4. The van der Waals surface area contributed by atoms with Crippen molar-refractivity contribution in [2.45, 2.75) is 12.8 Å². The highest BCUT2D eigenvalue weighted by atomic mass is 16.5. The molecule has 0 bridgehead atoms. The second kappa shape index (κ2) is 11.9. The fraction of sp³-hybridized carbons (Fsp3) is 0.250. The minimum absolute atomic E-state index is 0.135. The summed E-state index contributed by atoms with van der Waals surface area (Å²) in [5.41, 5.74) is 6.16. The Morgan fingerprint density at radius 1 is 0.875 bits per heavy atom. The van der Waals surface area contributed by atoms with E-state index < -0.39 is 0 Å². The van der Waals surface area contributed by atoms with E-state index in [1.54, 1.807) is 0 Å². The van der Waals surface area contributed by atoms with Gasteiger partial charge >= 0.3 is 0 Å². The van der Waals surface area contributed by atoms with Gasteiger partial charge in [-0.15, -0.1) is 0 Å². The summed E-state index contributed by atoms with van der Waals surface area (Å²) < 4.78 is 5.87. The molecule has 4 nitrogen and oxygen atoms in total. The molecule has 0 fully saturated rings. The highest BCUT2D eigenvalue weighted by Crippen LogP contribution is 2.35. The Hall–Kier alpha value is -3.39. The van der Waals surface area contributed by atoms with Gasteiger partial charge in [0, 0.05) is 13.2 Å². The maximum absolute atomic E-state index is 9.53. The minimum atomic E-state index is 0.135. The molecule has 0 unspecified atom stereocenters. The van der Waals surface area contributed by atoms with Crippen LogP contribution in [0.2, 0.25) is 0 Å². The smallest absolute Gasteiger partial charge is 0.119 e. The lowest BCUT2D eigenvalue weighted by molar-refractivity contribution is 0.261. The van der Waals surface area contributed by atoms with Crippen molar-refractivity contribution in [2.75, 3.05) is 33.9 Å². The molecule has 0 aliphatic heterocycles. The number of nitriles is 1. The lowest BCUT2D eigenvalue weighted by atomic mass is 9.87. The van der Waals surface area contributed by atoms with Gasteiger partial charge in [-0.05, 0) is 79.0 Å². The van der Waals surface area contributed by atoms with Crippen LogP contribution >= 0.6 is 0 Å². The number of benzene rings is 3. The van der Waals surface area contributed by atoms with Gasteiger partial charge in [0.15, 0.2) is 0 Å². The molecule has 0 atom stereocenters. The molecule has 0 radical (unpaired) electrons. The van der Waals surface area contributed by atoms with Crippen LogP contribution in [0.3, 0.4) is 0 Å². The fourth-order valence-corrected chi connectivity index (χ4v) is 3.60. The summed E-state index contributed by atoms with van der Waals surface area (Å²) >= 11 is 0. The molecule has 32 heavy (non-hydrogen) atoms. The third kappa shape index (κ3) is 6.31. The SMILES string of the molecule is CN(C)CCOc1ccc(/C(=C(\CCCO)c2ccccc2)c2ccc(C#N)cc2)cc1. The Kier molecular flexibility index (Phi) is 8.62. The predicted octanol–water partition coefficient (Wildman–Crippen LogP) is 5.23. The first-order valence-electron chi connectivity index (χ1n) is 10.9. The Balaban J connectivity index is 2.07. The zero-order chi connectivity index (χ0) is 22.8. The molecule has 0 spiro atoms. The van der Waals surface area contributed by atoms with E-state index in [2.05, 4.69) is 35.2 Å². The van der Waals surface area contributed by atoms with Gasteiger partial charge in [-0.1, -0.05) is 54.6 Å². The summed E-state index contributed by atoms with van der Waals surface area (Å²) in [4.78, 5) is 2.09. The number of ether oxygens (including phenoxy) is 1. The number of aliphatic hydroxyl groups is 1. The zero-order valence-electron chi connectivity index (χ0n) is 18.8. The molecule has 0 heterocycles. The first kappa shape index (κ1) is 23.3. The van der Waals surface area contributed by atoms with Gasteiger partial charge in [-0.3, -0.25) is 0 Å². The van der Waals surface area contributed by atoms with E-state index in [0.717, 1.165) is 41.0 Å². The van der Waals surface area contributed by atoms with Crippen LogP contribution in [0, 0.1) is 11.3 Å². The zero-order valence-corrected chi connectivity index (χ0v) is 18.8. The van der Waals surface area contributed by atoms with Crippen LogP contribution in [0.15, 0.2) is 78.9 Å². The summed E-state index contributed by atoms with van der Waals surface area (Å²) in [6.07, 6.45) is 1.42. The second-order valence-corrected chi connectivity index (χ2v) is 7.91. The van der Waals surface area contributed by atoms with Gasteiger partial charge < -0.3 is 14.7 Å². The summed E-state index contributed by atoms with van der Waals surface area (Å²) in [5.74, 6) is 0.839. The molecule has 0 aliphatic rings. The summed E-state index contributed by atoms with van der Waals surface area (Å²) in [6.45, 7) is 1.63. The molecular formula is C28H30N2O2. The van der Waals surface area contributed by atoms with Crippen molar-refractivity contribution in [2.24, 2.45) is 0 Å². The molecule has 0 amide bonds. The Morgan fingerprint density at radius 3 is 2.06 bits per heavy atom. The molecule has 0 aliphatic carbocycles. The number of hydrogen-bond acceptors (Lipinski definition) is 4. The number of hydrogen-bond donors (Lipinski definition) is 1. The third-order valence-electron chi connectivity index (χ3n) is 5.26. The van der Waals surface area contributed by atoms with Crippen molar-refractivity contribution in [1.29, 1.82) is 5.26 Å². The molecule has 1 N–H and O–H groups in total. The fourth-order valence-electron chi connectivity index (χ4n) is 3.60. The molecule has 164 valence electrons. The lowest BCUT2D eigenvalue weighted by Crippen LogP contribution is -2.19. The van der Waals surface area contributed by atoms with E-state index in [1.807, 2.05) is 68.7 Å². The van der Waals surface area contributed by atoms with Gasteiger partial charge in [0.25, 0.3) is 0 Å². The van der Waals surface area contributed by atoms with Crippen molar-refractivity contribution < 1.29 is 9.84 Å². The minimum Gasteiger partial charge on any atom is -0.492 e. The molecule has 3 aromatic rings. The van der Waals surface area contributed by atoms with Gasteiger partial charge in [0.2, 0.25) is 0 Å². The van der Waals surface area contributed by atoms with Crippen LogP contribution in [0.4, 0.5) is 0 Å². The van der Waals surface area contributed by atoms with Crippen molar-refractivity contribution in [3.8, 4) is 11.8 Å². The topological polar surface area (TPSA) is 56.5 Å². The molecule has 0 aromatic heterocycles. The van der Waals surface area contributed by atoms with Crippen molar-refractivity contribution in [1.82, 2.24) is 4.90 Å². The first-order valence-corrected chi connectivity index (χ1v) is 10.9. The van der Waals surface area contributed by atoms with Gasteiger partial charge in [-0.2, -0.15) is 5.26 Å². The van der Waals surface area contributed by atoms with Crippen LogP contribution in [0.25, 0.3) is 11.1 Å². The molecule has 0 saturated carbocycles. The number of likely N-dealkylation sites (N-methyl/N-ethyl adjacent to an activating group) is 1. The predicted molar refractivity (Wildman–Crippen MR) is 130 cm³/mol. The Morgan fingerprint density at radius 2 is 1.50 bits per heavy atom. The molecule has 0 saturated heterocycles. The molecule has 3 rings (SSSR count). The number of aliphatic hydroxyl groups excluding tert-OH is 1. The van der Waals surface area contributed by atoms with E-state index in [-0.39, 0.29) is 6.61 Å². The maximum Gasteiger partial charge on any atom is 0.119 e. The van der Waals surface area contributed by atoms with E-state index in [0.29, 0.717) is 18.6 Å². The van der Waals surface area contributed by atoms with Gasteiger partial charge in [-0.25, -0.2) is 0 Å². The van der Waals surface area contributed by atoms with Crippen molar-refractivity contribution >= 4 is 11.1 Å². The highest BCUT2D eigenvalue weighted by molar-refractivity contribution is 5.98. The van der Waals surface area contributed by atoms with Crippen LogP contribution in [0.1, 0.15) is 35.1 Å². The van der Waals surface area contributed by atoms with Crippen LogP contribution in [-0.4, -0.2) is 43.9 Å². The standard InChI is InChI=1S/C28H30N2O2/c1-30(2)18-20-32-26-16-14-25(15-17-26)28(24-12-10-22(21-29)11-13-24)27(9-6-19-31)23-7-4-3-5-8-23/h3-5,7-8,10-17,31H,6,9,18-20H2,1-2H3/b28-27+. The van der Waals surface area contributed by atoms with E-state index in [9.17, 15) is 10.4 Å². The normalized spacial score (nSPS) is 11.7. The Labute approximate surface area is 191 Å². The second-order valence-electron chi connectivity index (χ2n) is 7.91.